The Morgan fingerprint density at radius 2 is 0.833 bits per heavy atom. The fourth-order valence-electron chi connectivity index (χ4n) is 5.97. The number of amides is 4. The number of imide groups is 2. The first-order valence-electron chi connectivity index (χ1n) is 12.5. The predicted molar refractivity (Wildman–Crippen MR) is 128 cm³/mol. The lowest BCUT2D eigenvalue weighted by atomic mass is 9.86. The number of benzene rings is 2. The van der Waals surface area contributed by atoms with Crippen LogP contribution in [-0.4, -0.2) is 93.3 Å². The number of piperidine rings is 2. The molecule has 4 aliphatic rings. The van der Waals surface area contributed by atoms with Crippen LogP contribution in [-0.2, 0) is 0 Å². The van der Waals surface area contributed by atoms with Gasteiger partial charge >= 0.3 is 0 Å². The minimum atomic E-state index is -0.466. The molecule has 0 saturated carbocycles. The maximum Gasteiger partial charge on any atom is 0.276 e. The maximum absolute atomic E-state index is 13.5. The first-order chi connectivity index (χ1) is 17.4. The molecular formula is C26H28N4O6. The molecule has 0 bridgehead atoms. The zero-order valence-electron chi connectivity index (χ0n) is 19.9. The molecule has 4 heterocycles. The van der Waals surface area contributed by atoms with Crippen LogP contribution in [0.5, 0.6) is 0 Å². The van der Waals surface area contributed by atoms with Gasteiger partial charge < -0.3 is 10.2 Å². The Morgan fingerprint density at radius 1 is 0.556 bits per heavy atom. The molecule has 10 nitrogen and oxygen atoms in total. The normalized spacial score (nSPS) is 22.3. The topological polar surface area (TPSA) is 122 Å². The number of hydrazine groups is 2. The van der Waals surface area contributed by atoms with Crippen LogP contribution in [0.15, 0.2) is 24.3 Å². The van der Waals surface area contributed by atoms with Crippen molar-refractivity contribution in [2.45, 2.75) is 25.7 Å². The first kappa shape index (κ1) is 23.2. The monoisotopic (exact) mass is 492 g/mol. The van der Waals surface area contributed by atoms with Crippen LogP contribution in [0.2, 0.25) is 0 Å². The lowest BCUT2D eigenvalue weighted by Crippen LogP contribution is -2.56. The molecule has 188 valence electrons. The third kappa shape index (κ3) is 3.32. The zero-order valence-corrected chi connectivity index (χ0v) is 19.9. The smallest absolute Gasteiger partial charge is 0.276 e. The fraction of sp³-hybridized carbons (Fsp3) is 0.462. The molecule has 0 unspecified atom stereocenters. The highest BCUT2D eigenvalue weighted by molar-refractivity contribution is 6.33. The minimum absolute atomic E-state index is 0.0853. The summed E-state index contributed by atoms with van der Waals surface area (Å²) in [4.78, 5) is 54.1. The predicted octanol–water partition coefficient (Wildman–Crippen LogP) is 1.27. The molecule has 0 aromatic heterocycles. The minimum Gasteiger partial charge on any atom is -0.396 e. The van der Waals surface area contributed by atoms with Crippen molar-refractivity contribution >= 4 is 34.4 Å². The van der Waals surface area contributed by atoms with Gasteiger partial charge in [-0.2, -0.15) is 0 Å². The van der Waals surface area contributed by atoms with Gasteiger partial charge in [-0.1, -0.05) is 0 Å². The van der Waals surface area contributed by atoms with Crippen molar-refractivity contribution in [2.75, 3.05) is 39.4 Å². The van der Waals surface area contributed by atoms with Crippen LogP contribution in [0.1, 0.15) is 67.1 Å². The Morgan fingerprint density at radius 3 is 1.08 bits per heavy atom. The highest BCUT2D eigenvalue weighted by atomic mass is 16.3. The second-order valence-corrected chi connectivity index (χ2v) is 10.1. The van der Waals surface area contributed by atoms with Gasteiger partial charge in [0.15, 0.2) is 0 Å². The number of rotatable bonds is 4. The van der Waals surface area contributed by atoms with E-state index in [1.54, 1.807) is 34.3 Å². The van der Waals surface area contributed by atoms with E-state index in [0.717, 1.165) is 0 Å². The number of aliphatic hydroxyl groups excluding tert-OH is 2. The molecule has 0 atom stereocenters. The third-order valence-corrected chi connectivity index (χ3v) is 8.12. The summed E-state index contributed by atoms with van der Waals surface area (Å²) in [5, 5.41) is 25.4. The van der Waals surface area contributed by atoms with Crippen molar-refractivity contribution in [1.82, 2.24) is 20.0 Å². The van der Waals surface area contributed by atoms with Gasteiger partial charge in [0.05, 0.1) is 22.3 Å². The Balaban J connectivity index is 1.38. The third-order valence-electron chi connectivity index (χ3n) is 8.12. The largest absolute Gasteiger partial charge is 0.396 e. The highest BCUT2D eigenvalue weighted by Crippen LogP contribution is 2.39. The second-order valence-electron chi connectivity index (χ2n) is 10.1. The van der Waals surface area contributed by atoms with Crippen LogP contribution in [0, 0.1) is 11.8 Å². The summed E-state index contributed by atoms with van der Waals surface area (Å²) >= 11 is 0. The highest BCUT2D eigenvalue weighted by Gasteiger charge is 2.43. The van der Waals surface area contributed by atoms with Crippen LogP contribution in [0.3, 0.4) is 0 Å². The molecule has 10 heteroatoms. The Hall–Kier alpha value is -3.18. The van der Waals surface area contributed by atoms with Crippen molar-refractivity contribution in [2.24, 2.45) is 11.8 Å². The van der Waals surface area contributed by atoms with Crippen molar-refractivity contribution in [3.8, 4) is 0 Å². The maximum atomic E-state index is 13.5. The first-order valence-corrected chi connectivity index (χ1v) is 12.5. The number of hydrogen-bond acceptors (Lipinski definition) is 8. The number of carbonyl (C=O) groups is 4. The van der Waals surface area contributed by atoms with Crippen LogP contribution < -0.4 is 0 Å². The molecule has 4 amide bonds. The molecule has 36 heavy (non-hydrogen) atoms. The van der Waals surface area contributed by atoms with Gasteiger partial charge in [-0.05, 0) is 61.8 Å². The van der Waals surface area contributed by atoms with Crippen molar-refractivity contribution in [3.05, 3.63) is 46.5 Å². The van der Waals surface area contributed by atoms with E-state index in [-0.39, 0.29) is 25.0 Å². The molecule has 2 aromatic rings. The summed E-state index contributed by atoms with van der Waals surface area (Å²) < 4.78 is 0. The van der Waals surface area contributed by atoms with E-state index in [2.05, 4.69) is 0 Å². The molecule has 2 saturated heterocycles. The molecule has 4 aliphatic heterocycles. The molecule has 0 aliphatic carbocycles. The lowest BCUT2D eigenvalue weighted by Gasteiger charge is -2.41. The summed E-state index contributed by atoms with van der Waals surface area (Å²) in [5.41, 5.74) is 1.19. The quantitative estimate of drug-likeness (QED) is 0.612. The molecule has 0 spiro atoms. The molecule has 2 N–H and O–H groups in total. The number of hydrogen-bond donors (Lipinski definition) is 2. The van der Waals surface area contributed by atoms with E-state index in [9.17, 15) is 29.4 Å². The summed E-state index contributed by atoms with van der Waals surface area (Å²) in [6.07, 6.45) is 2.73. The molecule has 6 rings (SSSR count). The molecule has 2 aromatic carbocycles. The zero-order chi connectivity index (χ0) is 25.1. The summed E-state index contributed by atoms with van der Waals surface area (Å²) in [6.45, 7) is 2.10. The van der Waals surface area contributed by atoms with Crippen LogP contribution in [0.4, 0.5) is 0 Å². The van der Waals surface area contributed by atoms with Gasteiger partial charge in [-0.15, -0.1) is 0 Å². The van der Waals surface area contributed by atoms with Crippen molar-refractivity contribution < 1.29 is 29.4 Å². The molecule has 2 fully saturated rings. The van der Waals surface area contributed by atoms with Crippen LogP contribution in [0.25, 0.3) is 10.8 Å². The molecular weight excluding hydrogens is 464 g/mol. The summed E-state index contributed by atoms with van der Waals surface area (Å²) in [6, 6.07) is 6.32. The van der Waals surface area contributed by atoms with E-state index >= 15 is 0 Å². The van der Waals surface area contributed by atoms with Gasteiger partial charge in [-0.3, -0.25) is 19.2 Å². The van der Waals surface area contributed by atoms with Crippen molar-refractivity contribution in [1.29, 1.82) is 0 Å². The van der Waals surface area contributed by atoms with E-state index in [0.29, 0.717) is 84.9 Å². The second kappa shape index (κ2) is 8.74. The van der Waals surface area contributed by atoms with E-state index < -0.39 is 23.6 Å². The molecule has 0 radical (unpaired) electrons. The summed E-state index contributed by atoms with van der Waals surface area (Å²) in [5.74, 6) is -1.55. The average Bonchev–Trinajstić information content (AvgIpc) is 2.91. The average molecular weight is 493 g/mol. The van der Waals surface area contributed by atoms with Gasteiger partial charge in [0.1, 0.15) is 0 Å². The van der Waals surface area contributed by atoms with Gasteiger partial charge in [0.2, 0.25) is 0 Å². The Labute approximate surface area is 207 Å². The van der Waals surface area contributed by atoms with Gasteiger partial charge in [0, 0.05) is 50.2 Å². The van der Waals surface area contributed by atoms with E-state index in [1.807, 2.05) is 0 Å². The summed E-state index contributed by atoms with van der Waals surface area (Å²) in [7, 11) is 0. The number of carbonyl (C=O) groups excluding carboxylic acids is 4. The SMILES string of the molecule is O=C1c2ccc3c4c(ccc(c24)C(=O)N1N1CCC(CO)CC1)C(=O)N(N1CCC(CO)CC1)C3=O. The van der Waals surface area contributed by atoms with E-state index in [4.69, 9.17) is 0 Å². The lowest BCUT2D eigenvalue weighted by molar-refractivity contribution is -0.0236. The number of nitrogens with zero attached hydrogens (tertiary/aromatic N) is 4. The van der Waals surface area contributed by atoms with Crippen molar-refractivity contribution in [3.63, 3.8) is 0 Å². The van der Waals surface area contributed by atoms with E-state index in [1.165, 1.54) is 10.0 Å². The number of aliphatic hydroxyl groups is 2. The Kier molecular flexibility index (Phi) is 5.64. The van der Waals surface area contributed by atoms with Gasteiger partial charge in [0.25, 0.3) is 23.6 Å². The van der Waals surface area contributed by atoms with Crippen LogP contribution >= 0.6 is 0 Å². The fourth-order valence-corrected chi connectivity index (χ4v) is 5.97. The van der Waals surface area contributed by atoms with Gasteiger partial charge in [-0.25, -0.2) is 20.0 Å². The Bertz CT molecular complexity index is 1120. The standard InChI is InChI=1S/C26H28N4O6/c31-13-15-5-9-27(10-6-15)29-23(33)17-1-2-18-22-20(4-3-19(21(17)22)25(29)35)26(36)30(24(18)34)28-11-7-16(14-32)8-12-28/h1-4,15-16,31-32H,5-14H2.